The van der Waals surface area contributed by atoms with Crippen LogP contribution < -0.4 is 4.98 Å². The van der Waals surface area contributed by atoms with Crippen LogP contribution in [0.15, 0.2) is 30.6 Å². The summed E-state index contributed by atoms with van der Waals surface area (Å²) in [4.78, 5) is 2.89. The third-order valence-corrected chi connectivity index (χ3v) is 0.607. The molecule has 0 saturated heterocycles. The van der Waals surface area contributed by atoms with E-state index in [-0.39, 0.29) is 29.6 Å². The van der Waals surface area contributed by atoms with Crippen molar-refractivity contribution < 1.29 is 22.2 Å². The molecule has 1 aromatic rings. The summed E-state index contributed by atoms with van der Waals surface area (Å²) in [5.41, 5.74) is 0. The predicted octanol–water partition coefficient (Wildman–Crippen LogP) is 1.42. The maximum Gasteiger partial charge on any atom is 0.673 e. The van der Waals surface area contributed by atoms with Gasteiger partial charge in [-0.1, -0.05) is 6.07 Å². The van der Waals surface area contributed by atoms with Gasteiger partial charge >= 0.3 is 7.25 Å². The third-order valence-electron chi connectivity index (χ3n) is 0.607. The first-order valence-electron chi connectivity index (χ1n) is 2.78. The van der Waals surface area contributed by atoms with Crippen LogP contribution in [0.25, 0.3) is 0 Å². The average Bonchev–Trinajstić information content (AvgIpc) is 1.88. The van der Waals surface area contributed by atoms with Crippen molar-refractivity contribution in [2.45, 2.75) is 0 Å². The first-order chi connectivity index (χ1) is 5.00. The zero-order valence-electron chi connectivity index (χ0n) is 6.48. The van der Waals surface area contributed by atoms with Gasteiger partial charge in [-0.15, -0.1) is 0 Å². The standard InChI is InChI=1S/C5H5N.BF4.Na/c1-2-4-6-5-3-1;2-1(3,4)5;/h1-5H;;/q;-1;/p+1. The SMILES string of the molecule is F[B-](F)(F)F.[Na].c1cc[nH+]cc1. The van der Waals surface area contributed by atoms with Gasteiger partial charge in [-0.05, 0) is 0 Å². The van der Waals surface area contributed by atoms with Crippen molar-refractivity contribution in [2.24, 2.45) is 0 Å². The number of nitrogens with one attached hydrogen (secondary N) is 1. The third kappa shape index (κ3) is 22.5. The molecule has 0 amide bonds. The van der Waals surface area contributed by atoms with Crippen LogP contribution in [0.5, 0.6) is 0 Å². The van der Waals surface area contributed by atoms with Gasteiger partial charge in [0.2, 0.25) is 0 Å². The molecule has 0 aliphatic heterocycles. The van der Waals surface area contributed by atoms with Crippen molar-refractivity contribution in [3.63, 3.8) is 0 Å². The Morgan fingerprint density at radius 1 is 0.833 bits per heavy atom. The Hall–Kier alpha value is -0.0651. The summed E-state index contributed by atoms with van der Waals surface area (Å²) in [6.07, 6.45) is 3.75. The van der Waals surface area contributed by atoms with E-state index in [1.807, 2.05) is 30.6 Å². The van der Waals surface area contributed by atoms with Crippen LogP contribution in [-0.4, -0.2) is 36.8 Å². The van der Waals surface area contributed by atoms with E-state index in [1.54, 1.807) is 0 Å². The van der Waals surface area contributed by atoms with E-state index >= 15 is 0 Å². The Morgan fingerprint density at radius 3 is 1.25 bits per heavy atom. The van der Waals surface area contributed by atoms with E-state index in [1.165, 1.54) is 0 Å². The van der Waals surface area contributed by atoms with E-state index in [4.69, 9.17) is 0 Å². The number of H-pyrrole nitrogens is 1. The molecule has 63 valence electrons. The monoisotopic (exact) mass is 190 g/mol. The maximum absolute atomic E-state index is 9.75. The molecule has 0 aromatic carbocycles. The number of hydrogen-bond acceptors (Lipinski definition) is 0. The van der Waals surface area contributed by atoms with Crippen LogP contribution in [0.1, 0.15) is 0 Å². The van der Waals surface area contributed by atoms with E-state index in [9.17, 15) is 17.3 Å². The fourth-order valence-corrected chi connectivity index (χ4v) is 0.342. The van der Waals surface area contributed by atoms with Gasteiger partial charge in [0.1, 0.15) is 0 Å². The molecule has 12 heavy (non-hydrogen) atoms. The van der Waals surface area contributed by atoms with Gasteiger partial charge < -0.3 is 17.3 Å². The van der Waals surface area contributed by atoms with Crippen molar-refractivity contribution in [3.8, 4) is 0 Å². The molecule has 7 heteroatoms. The normalized spacial score (nSPS) is 9.00. The molecule has 1 nitrogen and oxygen atoms in total. The number of aromatic nitrogens is 1. The van der Waals surface area contributed by atoms with E-state index in [2.05, 4.69) is 4.98 Å². The van der Waals surface area contributed by atoms with E-state index in [0.717, 1.165) is 0 Å². The number of rotatable bonds is 0. The van der Waals surface area contributed by atoms with Gasteiger partial charge in [-0.25, -0.2) is 4.98 Å². The molecule has 1 radical (unpaired) electrons. The molecule has 0 unspecified atom stereocenters. The zero-order valence-corrected chi connectivity index (χ0v) is 8.48. The summed E-state index contributed by atoms with van der Waals surface area (Å²) in [7, 11) is -6.00. The molecule has 0 bridgehead atoms. The minimum absolute atomic E-state index is 0. The molecular weight excluding hydrogens is 184 g/mol. The van der Waals surface area contributed by atoms with Crippen molar-refractivity contribution in [1.82, 2.24) is 0 Å². The average molecular weight is 190 g/mol. The molecule has 0 saturated carbocycles. The molecule has 1 aromatic heterocycles. The fourth-order valence-electron chi connectivity index (χ4n) is 0.342. The molecule has 0 aliphatic carbocycles. The van der Waals surface area contributed by atoms with Gasteiger partial charge in [0, 0.05) is 41.7 Å². The second-order valence-corrected chi connectivity index (χ2v) is 1.57. The van der Waals surface area contributed by atoms with Gasteiger partial charge in [0.25, 0.3) is 0 Å². The van der Waals surface area contributed by atoms with Crippen LogP contribution in [0.4, 0.5) is 17.3 Å². The van der Waals surface area contributed by atoms with Crippen LogP contribution in [0.2, 0.25) is 0 Å². The van der Waals surface area contributed by atoms with Crippen molar-refractivity contribution in [2.75, 3.05) is 0 Å². The van der Waals surface area contributed by atoms with Gasteiger partial charge in [0.05, 0.1) is 0 Å². The second kappa shape index (κ2) is 7.58. The Bertz CT molecular complexity index is 148. The summed E-state index contributed by atoms with van der Waals surface area (Å²) < 4.78 is 39.0. The van der Waals surface area contributed by atoms with E-state index in [0.29, 0.717) is 0 Å². The maximum atomic E-state index is 9.75. The quantitative estimate of drug-likeness (QED) is 0.433. The largest absolute Gasteiger partial charge is 0.673 e. The number of halogens is 4. The van der Waals surface area contributed by atoms with Crippen LogP contribution >= 0.6 is 0 Å². The summed E-state index contributed by atoms with van der Waals surface area (Å²) in [5, 5.41) is 0. The number of hydrogen-bond donors (Lipinski definition) is 0. The molecule has 0 fully saturated rings. The first-order valence-corrected chi connectivity index (χ1v) is 2.78. The van der Waals surface area contributed by atoms with Crippen LogP contribution in [0.3, 0.4) is 0 Å². The second-order valence-electron chi connectivity index (χ2n) is 1.57. The van der Waals surface area contributed by atoms with Gasteiger partial charge in [-0.3, -0.25) is 0 Å². The molecule has 0 spiro atoms. The summed E-state index contributed by atoms with van der Waals surface area (Å²) in [5.74, 6) is 0. The molecule has 0 atom stereocenters. The molecular formula is C5H6BF4NNa. The molecule has 1 heterocycles. The van der Waals surface area contributed by atoms with Crippen LogP contribution in [0, 0.1) is 0 Å². The Morgan fingerprint density at radius 2 is 1.17 bits per heavy atom. The predicted molar refractivity (Wildman–Crippen MR) is 38.9 cm³/mol. The minimum Gasteiger partial charge on any atom is -0.418 e. The van der Waals surface area contributed by atoms with Crippen molar-refractivity contribution >= 4 is 36.8 Å². The smallest absolute Gasteiger partial charge is 0.418 e. The minimum atomic E-state index is -6.00. The number of aromatic amines is 1. The summed E-state index contributed by atoms with van der Waals surface area (Å²) >= 11 is 0. The van der Waals surface area contributed by atoms with Gasteiger partial charge in [-0.2, -0.15) is 0 Å². The topological polar surface area (TPSA) is 14.1 Å². The van der Waals surface area contributed by atoms with Crippen molar-refractivity contribution in [1.29, 1.82) is 0 Å². The molecule has 1 N–H and O–H groups in total. The Kier molecular flexibility index (Phi) is 9.13. The molecule has 1 rings (SSSR count). The van der Waals surface area contributed by atoms with Crippen molar-refractivity contribution in [3.05, 3.63) is 30.6 Å². The van der Waals surface area contributed by atoms with Gasteiger partial charge in [0.15, 0.2) is 12.4 Å². The molecule has 0 aliphatic rings. The Balaban J connectivity index is 0. The summed E-state index contributed by atoms with van der Waals surface area (Å²) in [6, 6.07) is 5.86. The van der Waals surface area contributed by atoms with E-state index < -0.39 is 7.25 Å². The number of pyridine rings is 1. The van der Waals surface area contributed by atoms with Crippen LogP contribution in [-0.2, 0) is 0 Å². The fraction of sp³-hybridized carbons (Fsp3) is 0. The first kappa shape index (κ1) is 14.5. The Labute approximate surface area is 89.6 Å². The zero-order chi connectivity index (χ0) is 8.74. The summed E-state index contributed by atoms with van der Waals surface area (Å²) in [6.45, 7) is 0.